The van der Waals surface area contributed by atoms with Crippen LogP contribution in [0.5, 0.6) is 5.75 Å². The highest BCUT2D eigenvalue weighted by Gasteiger charge is 2.25. The zero-order chi connectivity index (χ0) is 21.3. The minimum absolute atomic E-state index is 0.0200. The predicted molar refractivity (Wildman–Crippen MR) is 113 cm³/mol. The zero-order valence-electron chi connectivity index (χ0n) is 15.6. The summed E-state index contributed by atoms with van der Waals surface area (Å²) in [5.74, 6) is -3.19. The fraction of sp³-hybridized carbons (Fsp3) is 0.263. The molecule has 1 atom stereocenters. The number of alkyl halides is 2. The van der Waals surface area contributed by atoms with Crippen molar-refractivity contribution in [2.45, 2.75) is 5.85 Å². The molecule has 2 N–H and O–H groups in total. The molecule has 0 aliphatic carbocycles. The van der Waals surface area contributed by atoms with Crippen molar-refractivity contribution >= 4 is 49.2 Å². The standard InChI is InChI=1S/C19H18ClF2N4O3P/c20-14-9-11(1-2-15(14)29-19(21,22)30)25-17-12-3-4-23-16(12)13(10-24-17)18(27)26-5-7-28-8-6-26/h1-4,9-10,23H,5-8,30H2,(H,24,25). The predicted octanol–water partition coefficient (Wildman–Crippen LogP) is 4.24. The van der Waals surface area contributed by atoms with Crippen LogP contribution in [-0.2, 0) is 4.74 Å². The van der Waals surface area contributed by atoms with E-state index in [2.05, 4.69) is 20.0 Å². The fourth-order valence-corrected chi connectivity index (χ4v) is 3.54. The summed E-state index contributed by atoms with van der Waals surface area (Å²) in [5.41, 5.74) is 1.64. The molecule has 3 heterocycles. The van der Waals surface area contributed by atoms with Gasteiger partial charge in [-0.05, 0) is 33.5 Å². The number of aromatic nitrogens is 2. The summed E-state index contributed by atoms with van der Waals surface area (Å²) < 4.78 is 35.8. The molecule has 1 aromatic carbocycles. The highest BCUT2D eigenvalue weighted by atomic mass is 35.5. The van der Waals surface area contributed by atoms with Gasteiger partial charge in [-0.15, -0.1) is 0 Å². The number of amides is 1. The number of morpholine rings is 1. The van der Waals surface area contributed by atoms with Crippen LogP contribution in [0.1, 0.15) is 10.4 Å². The first-order chi connectivity index (χ1) is 14.3. The molecule has 1 aliphatic heterocycles. The van der Waals surface area contributed by atoms with Gasteiger partial charge in [-0.2, -0.15) is 8.78 Å². The van der Waals surface area contributed by atoms with E-state index in [4.69, 9.17) is 16.3 Å². The van der Waals surface area contributed by atoms with Crippen molar-refractivity contribution in [1.82, 2.24) is 14.9 Å². The monoisotopic (exact) mass is 454 g/mol. The molecule has 158 valence electrons. The molecule has 0 spiro atoms. The van der Waals surface area contributed by atoms with Crippen molar-refractivity contribution in [1.29, 1.82) is 0 Å². The Morgan fingerprint density at radius 1 is 1.33 bits per heavy atom. The van der Waals surface area contributed by atoms with Gasteiger partial charge in [0.25, 0.3) is 5.91 Å². The van der Waals surface area contributed by atoms with Gasteiger partial charge in [-0.3, -0.25) is 4.79 Å². The number of aromatic amines is 1. The average molecular weight is 455 g/mol. The molecule has 30 heavy (non-hydrogen) atoms. The van der Waals surface area contributed by atoms with Crippen LogP contribution < -0.4 is 10.1 Å². The number of fused-ring (bicyclic) bond motifs is 1. The van der Waals surface area contributed by atoms with Gasteiger partial charge in [0.1, 0.15) is 11.6 Å². The van der Waals surface area contributed by atoms with Crippen molar-refractivity contribution in [3.63, 3.8) is 0 Å². The van der Waals surface area contributed by atoms with Gasteiger partial charge in [0.05, 0.1) is 29.3 Å². The summed E-state index contributed by atoms with van der Waals surface area (Å²) in [6.07, 6.45) is 3.23. The highest BCUT2D eigenvalue weighted by molar-refractivity contribution is 7.17. The molecule has 1 fully saturated rings. The van der Waals surface area contributed by atoms with Crippen molar-refractivity contribution in [2.75, 3.05) is 31.6 Å². The summed E-state index contributed by atoms with van der Waals surface area (Å²) in [6.45, 7) is 2.08. The van der Waals surface area contributed by atoms with Crippen LogP contribution in [0.2, 0.25) is 5.02 Å². The molecular weight excluding hydrogens is 437 g/mol. The van der Waals surface area contributed by atoms with Gasteiger partial charge >= 0.3 is 5.85 Å². The van der Waals surface area contributed by atoms with Crippen molar-refractivity contribution in [2.24, 2.45) is 0 Å². The second-order valence-electron chi connectivity index (χ2n) is 6.63. The topological polar surface area (TPSA) is 79.5 Å². The molecule has 0 radical (unpaired) electrons. The van der Waals surface area contributed by atoms with Crippen LogP contribution >= 0.6 is 20.8 Å². The van der Waals surface area contributed by atoms with E-state index < -0.39 is 5.85 Å². The molecular formula is C19H18ClF2N4O3P. The summed E-state index contributed by atoms with van der Waals surface area (Å²) in [6, 6.07) is 6.15. The maximum atomic E-state index is 13.0. The average Bonchev–Trinajstić information content (AvgIpc) is 3.20. The van der Waals surface area contributed by atoms with E-state index in [0.717, 1.165) is 0 Å². The molecule has 3 aromatic rings. The lowest BCUT2D eigenvalue weighted by molar-refractivity contribution is -0.0891. The van der Waals surface area contributed by atoms with Gasteiger partial charge in [0.15, 0.2) is 0 Å². The summed E-state index contributed by atoms with van der Waals surface area (Å²) in [7, 11) is 1.29. The number of halogens is 3. The van der Waals surface area contributed by atoms with Crippen molar-refractivity contribution in [3.05, 3.63) is 47.2 Å². The smallest absolute Gasteiger partial charge is 0.408 e. The lowest BCUT2D eigenvalue weighted by atomic mass is 10.1. The molecule has 0 saturated carbocycles. The first-order valence-electron chi connectivity index (χ1n) is 9.07. The van der Waals surface area contributed by atoms with Crippen molar-refractivity contribution in [3.8, 4) is 5.75 Å². The van der Waals surface area contributed by atoms with Gasteiger partial charge in [0, 0.05) is 36.6 Å². The van der Waals surface area contributed by atoms with Gasteiger partial charge in [-0.1, -0.05) is 11.6 Å². The van der Waals surface area contributed by atoms with E-state index in [9.17, 15) is 13.6 Å². The van der Waals surface area contributed by atoms with E-state index >= 15 is 0 Å². The summed E-state index contributed by atoms with van der Waals surface area (Å²) >= 11 is 6.06. The fourth-order valence-electron chi connectivity index (χ4n) is 3.20. The van der Waals surface area contributed by atoms with E-state index in [1.807, 2.05) is 0 Å². The summed E-state index contributed by atoms with van der Waals surface area (Å²) in [4.78, 5) is 22.1. The first kappa shape index (κ1) is 20.8. The maximum absolute atomic E-state index is 13.0. The largest absolute Gasteiger partial charge is 0.428 e. The highest BCUT2D eigenvalue weighted by Crippen LogP contribution is 2.35. The molecule has 0 bridgehead atoms. The number of anilines is 2. The van der Waals surface area contributed by atoms with Crippen LogP contribution in [-0.4, -0.2) is 52.9 Å². The molecule has 1 saturated heterocycles. The number of H-pyrrole nitrogens is 1. The second-order valence-corrected chi connectivity index (χ2v) is 7.70. The zero-order valence-corrected chi connectivity index (χ0v) is 17.5. The van der Waals surface area contributed by atoms with Crippen LogP contribution in [0.15, 0.2) is 36.7 Å². The van der Waals surface area contributed by atoms with Crippen molar-refractivity contribution < 1.29 is 23.0 Å². The minimum Gasteiger partial charge on any atom is -0.428 e. The third-order valence-corrected chi connectivity index (χ3v) is 4.98. The Morgan fingerprint density at radius 3 is 2.80 bits per heavy atom. The number of ether oxygens (including phenoxy) is 2. The number of pyridine rings is 1. The Bertz CT molecular complexity index is 1080. The minimum atomic E-state index is -3.42. The molecule has 7 nitrogen and oxygen atoms in total. The number of nitrogens with zero attached hydrogens (tertiary/aromatic N) is 2. The van der Waals surface area contributed by atoms with E-state index in [0.29, 0.717) is 54.3 Å². The normalized spacial score (nSPS) is 14.7. The Kier molecular flexibility index (Phi) is 5.77. The molecule has 11 heteroatoms. The van der Waals surface area contributed by atoms with E-state index in [1.165, 1.54) is 27.6 Å². The lowest BCUT2D eigenvalue weighted by Gasteiger charge is -2.27. The third-order valence-electron chi connectivity index (χ3n) is 4.56. The third kappa shape index (κ3) is 4.48. The SMILES string of the molecule is O=C(c1cnc(Nc2ccc(OC(F)(F)P)c(Cl)c2)c2cc[nH]c12)N1CCOCC1. The molecule has 1 aliphatic rings. The number of carbonyl (C=O) groups is 1. The number of rotatable bonds is 5. The quantitative estimate of drug-likeness (QED) is 0.564. The first-order valence-corrected chi connectivity index (χ1v) is 10.0. The van der Waals surface area contributed by atoms with Crippen LogP contribution in [0.3, 0.4) is 0 Å². The summed E-state index contributed by atoms with van der Waals surface area (Å²) in [5, 5.41) is 3.83. The van der Waals surface area contributed by atoms with Gasteiger partial charge in [0.2, 0.25) is 0 Å². The Balaban J connectivity index is 1.59. The number of benzene rings is 1. The number of hydrogen-bond acceptors (Lipinski definition) is 5. The van der Waals surface area contributed by atoms with E-state index in [1.54, 1.807) is 23.2 Å². The molecule has 1 amide bonds. The lowest BCUT2D eigenvalue weighted by Crippen LogP contribution is -2.40. The molecule has 1 unspecified atom stereocenters. The maximum Gasteiger partial charge on any atom is 0.408 e. The number of carbonyl (C=O) groups excluding carboxylic acids is 1. The Hall–Kier alpha value is -2.48. The number of nitrogens with one attached hydrogen (secondary N) is 2. The Morgan fingerprint density at radius 2 is 2.10 bits per heavy atom. The number of hydrogen-bond donors (Lipinski definition) is 2. The molecule has 4 rings (SSSR count). The van der Waals surface area contributed by atoms with Crippen LogP contribution in [0.4, 0.5) is 20.3 Å². The van der Waals surface area contributed by atoms with Crippen LogP contribution in [0.25, 0.3) is 10.9 Å². The van der Waals surface area contributed by atoms with Crippen LogP contribution in [0, 0.1) is 0 Å². The molecule has 2 aromatic heterocycles. The second kappa shape index (κ2) is 8.34. The van der Waals surface area contributed by atoms with Gasteiger partial charge < -0.3 is 24.7 Å². The van der Waals surface area contributed by atoms with E-state index in [-0.39, 0.29) is 16.7 Å². The van der Waals surface area contributed by atoms with Gasteiger partial charge in [-0.25, -0.2) is 4.98 Å². The Labute approximate surface area is 177 Å².